The molecule has 4 nitrogen and oxygen atoms in total. The molecular formula is C26H31ClFN3O. The fraction of sp³-hybridized carbons (Fsp3) is 0.462. The van der Waals surface area contributed by atoms with E-state index in [1.165, 1.54) is 31.2 Å². The van der Waals surface area contributed by atoms with Crippen LogP contribution >= 0.6 is 11.6 Å². The highest BCUT2D eigenvalue weighted by atomic mass is 35.5. The summed E-state index contributed by atoms with van der Waals surface area (Å²) < 4.78 is 18.8. The summed E-state index contributed by atoms with van der Waals surface area (Å²) in [5.41, 5.74) is 2.33. The molecular weight excluding hydrogens is 425 g/mol. The van der Waals surface area contributed by atoms with Gasteiger partial charge in [0.2, 0.25) is 5.89 Å². The molecule has 0 spiro atoms. The molecule has 170 valence electrons. The molecule has 4 rings (SSSR count). The SMILES string of the molecule is CN(C)C(c1ccc(F)cc1)C1CCC(CCc2nc(Cc3ccc(Cl)cc3)no2)CC1. The van der Waals surface area contributed by atoms with E-state index in [2.05, 4.69) is 29.1 Å². The van der Waals surface area contributed by atoms with Crippen LogP contribution in [0.2, 0.25) is 5.02 Å². The van der Waals surface area contributed by atoms with Crippen molar-refractivity contribution in [2.24, 2.45) is 11.8 Å². The number of benzene rings is 2. The molecule has 1 heterocycles. The third-order valence-corrected chi connectivity index (χ3v) is 6.91. The third-order valence-electron chi connectivity index (χ3n) is 6.66. The number of aromatic nitrogens is 2. The molecule has 2 aromatic carbocycles. The van der Waals surface area contributed by atoms with Crippen LogP contribution in [-0.2, 0) is 12.8 Å². The second-order valence-corrected chi connectivity index (χ2v) is 9.62. The molecule has 0 aliphatic heterocycles. The predicted octanol–water partition coefficient (Wildman–Crippen LogP) is 6.49. The van der Waals surface area contributed by atoms with Crippen LogP contribution in [0, 0.1) is 17.7 Å². The van der Waals surface area contributed by atoms with E-state index >= 15 is 0 Å². The molecule has 1 aliphatic carbocycles. The molecule has 0 amide bonds. The lowest BCUT2D eigenvalue weighted by Crippen LogP contribution is -2.30. The molecule has 0 N–H and O–H groups in total. The molecule has 1 unspecified atom stereocenters. The summed E-state index contributed by atoms with van der Waals surface area (Å²) >= 11 is 5.95. The second kappa shape index (κ2) is 10.6. The van der Waals surface area contributed by atoms with Crippen molar-refractivity contribution in [1.29, 1.82) is 0 Å². The van der Waals surface area contributed by atoms with Crippen molar-refractivity contribution in [3.63, 3.8) is 0 Å². The van der Waals surface area contributed by atoms with Crippen molar-refractivity contribution < 1.29 is 8.91 Å². The fourth-order valence-corrected chi connectivity index (χ4v) is 5.15. The first-order valence-electron chi connectivity index (χ1n) is 11.5. The minimum atomic E-state index is -0.174. The van der Waals surface area contributed by atoms with Crippen molar-refractivity contribution in [3.05, 3.63) is 82.2 Å². The summed E-state index contributed by atoms with van der Waals surface area (Å²) in [6.07, 6.45) is 7.37. The highest BCUT2D eigenvalue weighted by molar-refractivity contribution is 6.30. The lowest BCUT2D eigenvalue weighted by atomic mass is 9.75. The first-order valence-corrected chi connectivity index (χ1v) is 11.8. The van der Waals surface area contributed by atoms with Crippen LogP contribution in [0.15, 0.2) is 53.1 Å². The van der Waals surface area contributed by atoms with E-state index in [9.17, 15) is 4.39 Å². The van der Waals surface area contributed by atoms with Gasteiger partial charge in [0.1, 0.15) is 5.82 Å². The van der Waals surface area contributed by atoms with Gasteiger partial charge in [-0.1, -0.05) is 53.9 Å². The molecule has 1 aromatic heterocycles. The van der Waals surface area contributed by atoms with Crippen LogP contribution in [0.25, 0.3) is 0 Å². The zero-order valence-corrected chi connectivity index (χ0v) is 19.6. The van der Waals surface area contributed by atoms with E-state index in [1.54, 1.807) is 12.1 Å². The summed E-state index contributed by atoms with van der Waals surface area (Å²) in [7, 11) is 4.24. The lowest BCUT2D eigenvalue weighted by Gasteiger charge is -2.37. The van der Waals surface area contributed by atoms with Crippen LogP contribution < -0.4 is 0 Å². The van der Waals surface area contributed by atoms with Gasteiger partial charge in [0.25, 0.3) is 0 Å². The average molecular weight is 456 g/mol. The predicted molar refractivity (Wildman–Crippen MR) is 125 cm³/mol. The maximum absolute atomic E-state index is 13.4. The van der Waals surface area contributed by atoms with Gasteiger partial charge >= 0.3 is 0 Å². The Morgan fingerprint density at radius 2 is 1.72 bits per heavy atom. The van der Waals surface area contributed by atoms with Crippen molar-refractivity contribution in [1.82, 2.24) is 15.0 Å². The van der Waals surface area contributed by atoms with E-state index < -0.39 is 0 Å². The second-order valence-electron chi connectivity index (χ2n) is 9.19. The number of nitrogens with zero attached hydrogens (tertiary/aromatic N) is 3. The summed E-state index contributed by atoms with van der Waals surface area (Å²) in [6, 6.07) is 15.1. The van der Waals surface area contributed by atoms with Gasteiger partial charge in [0.15, 0.2) is 5.82 Å². The van der Waals surface area contributed by atoms with Gasteiger partial charge in [-0.05, 0) is 80.6 Å². The summed E-state index contributed by atoms with van der Waals surface area (Å²) in [4.78, 5) is 6.85. The lowest BCUT2D eigenvalue weighted by molar-refractivity contribution is 0.145. The van der Waals surface area contributed by atoms with Gasteiger partial charge in [-0.25, -0.2) is 4.39 Å². The monoisotopic (exact) mass is 455 g/mol. The molecule has 1 aliphatic rings. The van der Waals surface area contributed by atoms with Crippen LogP contribution in [0.5, 0.6) is 0 Å². The standard InChI is InChI=1S/C26H31ClFN3O/c1-31(2)26(21-10-14-23(28)15-11-21)20-8-3-18(4-9-20)7-16-25-29-24(30-32-25)17-19-5-12-22(27)13-6-19/h5-6,10-15,18,20,26H,3-4,7-9,16-17H2,1-2H3. The van der Waals surface area contributed by atoms with Gasteiger partial charge in [0.05, 0.1) is 0 Å². The molecule has 1 fully saturated rings. The van der Waals surface area contributed by atoms with Gasteiger partial charge in [0, 0.05) is 23.9 Å². The number of hydrogen-bond donors (Lipinski definition) is 0. The summed E-state index contributed by atoms with van der Waals surface area (Å²) in [5, 5.41) is 4.87. The Morgan fingerprint density at radius 1 is 1.03 bits per heavy atom. The Bertz CT molecular complexity index is 979. The van der Waals surface area contributed by atoms with Crippen molar-refractivity contribution >= 4 is 11.6 Å². The van der Waals surface area contributed by atoms with Crippen molar-refractivity contribution in [2.45, 2.75) is 51.0 Å². The molecule has 0 saturated heterocycles. The Balaban J connectivity index is 1.26. The van der Waals surface area contributed by atoms with Crippen molar-refractivity contribution in [3.8, 4) is 0 Å². The topological polar surface area (TPSA) is 42.2 Å². The van der Waals surface area contributed by atoms with Gasteiger partial charge in [-0.2, -0.15) is 4.98 Å². The van der Waals surface area contributed by atoms with E-state index in [-0.39, 0.29) is 5.82 Å². The van der Waals surface area contributed by atoms with Crippen LogP contribution in [0.1, 0.15) is 61.0 Å². The Morgan fingerprint density at radius 3 is 2.38 bits per heavy atom. The molecule has 0 bridgehead atoms. The summed E-state index contributed by atoms with van der Waals surface area (Å²) in [6.45, 7) is 0. The summed E-state index contributed by atoms with van der Waals surface area (Å²) in [5.74, 6) is 2.56. The van der Waals surface area contributed by atoms with Crippen molar-refractivity contribution in [2.75, 3.05) is 14.1 Å². The van der Waals surface area contributed by atoms with Gasteiger partial charge in [-0.3, -0.25) is 0 Å². The average Bonchev–Trinajstić information content (AvgIpc) is 3.23. The van der Waals surface area contributed by atoms with Crippen LogP contribution in [0.4, 0.5) is 4.39 Å². The highest BCUT2D eigenvalue weighted by Gasteiger charge is 2.30. The Hall–Kier alpha value is -2.24. The normalized spacial score (nSPS) is 19.9. The van der Waals surface area contributed by atoms with Crippen LogP contribution in [-0.4, -0.2) is 29.1 Å². The molecule has 1 atom stereocenters. The smallest absolute Gasteiger partial charge is 0.226 e. The largest absolute Gasteiger partial charge is 0.339 e. The zero-order chi connectivity index (χ0) is 22.5. The molecule has 3 aromatic rings. The minimum Gasteiger partial charge on any atom is -0.339 e. The van der Waals surface area contributed by atoms with E-state index in [1.807, 2.05) is 36.4 Å². The Labute approximate surface area is 194 Å². The number of rotatable bonds is 8. The maximum atomic E-state index is 13.4. The maximum Gasteiger partial charge on any atom is 0.226 e. The van der Waals surface area contributed by atoms with Gasteiger partial charge < -0.3 is 9.42 Å². The van der Waals surface area contributed by atoms with E-state index in [4.69, 9.17) is 16.1 Å². The molecule has 0 radical (unpaired) electrons. The number of halogens is 2. The highest BCUT2D eigenvalue weighted by Crippen LogP contribution is 2.40. The first kappa shape index (κ1) is 22.9. The Kier molecular flexibility index (Phi) is 7.59. The van der Waals surface area contributed by atoms with Gasteiger partial charge in [-0.15, -0.1) is 0 Å². The fourth-order valence-electron chi connectivity index (χ4n) is 5.02. The molecule has 6 heteroatoms. The minimum absolute atomic E-state index is 0.174. The zero-order valence-electron chi connectivity index (χ0n) is 18.8. The number of aryl methyl sites for hydroxylation is 1. The van der Waals surface area contributed by atoms with E-state index in [0.29, 0.717) is 24.3 Å². The molecule has 32 heavy (non-hydrogen) atoms. The molecule has 1 saturated carbocycles. The quantitative estimate of drug-likeness (QED) is 0.389. The number of hydrogen-bond acceptors (Lipinski definition) is 4. The van der Waals surface area contributed by atoms with E-state index in [0.717, 1.165) is 35.1 Å². The third kappa shape index (κ3) is 5.96. The van der Waals surface area contributed by atoms with Crippen LogP contribution in [0.3, 0.4) is 0 Å². The first-order chi connectivity index (χ1) is 15.5.